The maximum Gasteiger partial charge on any atom is 0.254 e. The first-order chi connectivity index (χ1) is 8.61. The van der Waals surface area contributed by atoms with Gasteiger partial charge in [0, 0.05) is 11.1 Å². The van der Waals surface area contributed by atoms with Gasteiger partial charge < -0.3 is 4.98 Å². The molecule has 0 spiro atoms. The molecule has 2 aromatic rings. The highest BCUT2D eigenvalue weighted by Gasteiger charge is 2.07. The predicted octanol–water partition coefficient (Wildman–Crippen LogP) is 3.01. The first kappa shape index (κ1) is 12.6. The van der Waals surface area contributed by atoms with E-state index in [1.54, 1.807) is 13.8 Å². The zero-order chi connectivity index (χ0) is 13.1. The van der Waals surface area contributed by atoms with Crippen LogP contribution >= 0.6 is 0 Å². The summed E-state index contributed by atoms with van der Waals surface area (Å²) >= 11 is 0. The lowest BCUT2D eigenvalue weighted by atomic mass is 10.0. The zero-order valence-electron chi connectivity index (χ0n) is 11.1. The van der Waals surface area contributed by atoms with Gasteiger partial charge in [-0.05, 0) is 25.8 Å². The number of benzene rings is 1. The highest BCUT2D eigenvalue weighted by Crippen LogP contribution is 2.19. The largest absolute Gasteiger partial charge is 0.311 e. The van der Waals surface area contributed by atoms with E-state index in [2.05, 4.69) is 29.0 Å². The van der Waals surface area contributed by atoms with Gasteiger partial charge in [0.2, 0.25) is 0 Å². The molecule has 0 amide bonds. The quantitative estimate of drug-likeness (QED) is 0.899. The molecule has 1 N–H and O–H groups in total. The van der Waals surface area contributed by atoms with E-state index >= 15 is 0 Å². The van der Waals surface area contributed by atoms with Gasteiger partial charge in [-0.3, -0.25) is 4.79 Å². The van der Waals surface area contributed by atoms with Crippen LogP contribution in [-0.2, 0) is 6.42 Å². The van der Waals surface area contributed by atoms with Crippen LogP contribution in [0, 0.1) is 13.8 Å². The van der Waals surface area contributed by atoms with E-state index in [1.165, 1.54) is 5.56 Å². The van der Waals surface area contributed by atoms with Gasteiger partial charge in [0.25, 0.3) is 5.56 Å². The third kappa shape index (κ3) is 2.50. The summed E-state index contributed by atoms with van der Waals surface area (Å²) < 4.78 is 0. The smallest absolute Gasteiger partial charge is 0.254 e. The third-order valence-corrected chi connectivity index (χ3v) is 3.04. The van der Waals surface area contributed by atoms with Gasteiger partial charge in [-0.1, -0.05) is 37.6 Å². The lowest BCUT2D eigenvalue weighted by Gasteiger charge is -2.06. The summed E-state index contributed by atoms with van der Waals surface area (Å²) in [5, 5.41) is 0. The normalized spacial score (nSPS) is 10.6. The number of H-pyrrole nitrogens is 1. The molecular weight excluding hydrogens is 224 g/mol. The van der Waals surface area contributed by atoms with Gasteiger partial charge in [-0.2, -0.15) is 0 Å². The molecule has 0 unspecified atom stereocenters. The molecule has 3 heteroatoms. The predicted molar refractivity (Wildman–Crippen MR) is 73.8 cm³/mol. The maximum atomic E-state index is 11.7. The van der Waals surface area contributed by atoms with Crippen molar-refractivity contribution in [1.82, 2.24) is 9.97 Å². The number of aryl methyl sites for hydroxylation is 2. The number of nitrogens with zero attached hydrogens (tertiary/aromatic N) is 1. The molecule has 0 aliphatic rings. The van der Waals surface area contributed by atoms with Gasteiger partial charge in [0.1, 0.15) is 5.82 Å². The van der Waals surface area contributed by atoms with Crippen molar-refractivity contribution < 1.29 is 0 Å². The second-order valence-electron chi connectivity index (χ2n) is 4.57. The number of hydrogen-bond acceptors (Lipinski definition) is 2. The minimum Gasteiger partial charge on any atom is -0.311 e. The standard InChI is InChI=1S/C15H18N2O/c1-4-5-12-6-8-13(9-7-12)14-10(2)15(18)17-11(3)16-14/h6-9H,4-5H2,1-3H3,(H,16,17,18). The van der Waals surface area contributed by atoms with Gasteiger partial charge in [-0.15, -0.1) is 0 Å². The average molecular weight is 242 g/mol. The van der Waals surface area contributed by atoms with Crippen molar-refractivity contribution in [2.75, 3.05) is 0 Å². The van der Waals surface area contributed by atoms with Crippen molar-refractivity contribution in [1.29, 1.82) is 0 Å². The molecule has 2 rings (SSSR count). The van der Waals surface area contributed by atoms with E-state index in [0.717, 1.165) is 24.1 Å². The Morgan fingerprint density at radius 3 is 2.44 bits per heavy atom. The fourth-order valence-corrected chi connectivity index (χ4v) is 2.04. The number of nitrogens with one attached hydrogen (secondary N) is 1. The molecule has 0 aliphatic heterocycles. The lowest BCUT2D eigenvalue weighted by Crippen LogP contribution is -2.14. The minimum absolute atomic E-state index is 0.0601. The molecule has 0 saturated carbocycles. The highest BCUT2D eigenvalue weighted by molar-refractivity contribution is 5.62. The molecular formula is C15H18N2O. The number of aromatic nitrogens is 2. The van der Waals surface area contributed by atoms with Gasteiger partial charge in [-0.25, -0.2) is 4.98 Å². The summed E-state index contributed by atoms with van der Waals surface area (Å²) in [5.74, 6) is 0.651. The van der Waals surface area contributed by atoms with E-state index in [4.69, 9.17) is 0 Å². The number of rotatable bonds is 3. The van der Waals surface area contributed by atoms with Crippen molar-refractivity contribution in [2.45, 2.75) is 33.6 Å². The van der Waals surface area contributed by atoms with E-state index < -0.39 is 0 Å². The van der Waals surface area contributed by atoms with Crippen LogP contribution in [0.4, 0.5) is 0 Å². The highest BCUT2D eigenvalue weighted by atomic mass is 16.1. The van der Waals surface area contributed by atoms with E-state index in [-0.39, 0.29) is 5.56 Å². The second-order valence-corrected chi connectivity index (χ2v) is 4.57. The third-order valence-electron chi connectivity index (χ3n) is 3.04. The average Bonchev–Trinajstić information content (AvgIpc) is 2.35. The second kappa shape index (κ2) is 5.17. The Hall–Kier alpha value is -1.90. The summed E-state index contributed by atoms with van der Waals surface area (Å²) in [6.07, 6.45) is 2.22. The van der Waals surface area contributed by atoms with Crippen LogP contribution in [0.3, 0.4) is 0 Å². The van der Waals surface area contributed by atoms with E-state index in [1.807, 2.05) is 12.1 Å². The van der Waals surface area contributed by atoms with Crippen LogP contribution in [0.25, 0.3) is 11.3 Å². The number of aromatic amines is 1. The van der Waals surface area contributed by atoms with Crippen LogP contribution in [0.15, 0.2) is 29.1 Å². The Morgan fingerprint density at radius 2 is 1.83 bits per heavy atom. The molecule has 1 aromatic carbocycles. The molecule has 0 radical (unpaired) electrons. The fraction of sp³-hybridized carbons (Fsp3) is 0.333. The van der Waals surface area contributed by atoms with Crippen molar-refractivity contribution in [3.8, 4) is 11.3 Å². The van der Waals surface area contributed by atoms with Crippen LogP contribution in [0.2, 0.25) is 0 Å². The Balaban J connectivity index is 2.45. The molecule has 0 aliphatic carbocycles. The molecule has 18 heavy (non-hydrogen) atoms. The Bertz CT molecular complexity index is 597. The van der Waals surface area contributed by atoms with Crippen molar-refractivity contribution in [3.63, 3.8) is 0 Å². The molecule has 3 nitrogen and oxygen atoms in total. The lowest BCUT2D eigenvalue weighted by molar-refractivity contribution is 0.922. The van der Waals surface area contributed by atoms with Crippen LogP contribution in [0.1, 0.15) is 30.3 Å². The summed E-state index contributed by atoms with van der Waals surface area (Å²) in [6, 6.07) is 8.30. The SMILES string of the molecule is CCCc1ccc(-c2nc(C)[nH]c(=O)c2C)cc1. The van der Waals surface area contributed by atoms with Crippen LogP contribution < -0.4 is 5.56 Å². The van der Waals surface area contributed by atoms with Gasteiger partial charge in [0.05, 0.1) is 5.69 Å². The summed E-state index contributed by atoms with van der Waals surface area (Å²) in [5.41, 5.74) is 3.71. The summed E-state index contributed by atoms with van der Waals surface area (Å²) in [4.78, 5) is 18.8. The maximum absolute atomic E-state index is 11.7. The summed E-state index contributed by atoms with van der Waals surface area (Å²) in [7, 11) is 0. The first-order valence-corrected chi connectivity index (χ1v) is 6.28. The Morgan fingerprint density at radius 1 is 1.17 bits per heavy atom. The molecule has 0 atom stereocenters. The monoisotopic (exact) mass is 242 g/mol. The topological polar surface area (TPSA) is 45.8 Å². The molecule has 1 heterocycles. The minimum atomic E-state index is -0.0601. The Labute approximate surface area is 107 Å². The first-order valence-electron chi connectivity index (χ1n) is 6.28. The Kier molecular flexibility index (Phi) is 3.60. The van der Waals surface area contributed by atoms with Crippen LogP contribution in [-0.4, -0.2) is 9.97 Å². The molecule has 0 saturated heterocycles. The molecule has 0 fully saturated rings. The summed E-state index contributed by atoms with van der Waals surface area (Å²) in [6.45, 7) is 5.77. The van der Waals surface area contributed by atoms with Crippen molar-refractivity contribution in [2.24, 2.45) is 0 Å². The fourth-order valence-electron chi connectivity index (χ4n) is 2.04. The molecule has 0 bridgehead atoms. The number of hydrogen-bond donors (Lipinski definition) is 1. The van der Waals surface area contributed by atoms with Crippen molar-refractivity contribution in [3.05, 3.63) is 51.6 Å². The van der Waals surface area contributed by atoms with Gasteiger partial charge in [0.15, 0.2) is 0 Å². The molecule has 94 valence electrons. The van der Waals surface area contributed by atoms with Crippen molar-refractivity contribution >= 4 is 0 Å². The molecule has 1 aromatic heterocycles. The van der Waals surface area contributed by atoms with Crippen LogP contribution in [0.5, 0.6) is 0 Å². The van der Waals surface area contributed by atoms with E-state index in [0.29, 0.717) is 11.4 Å². The van der Waals surface area contributed by atoms with E-state index in [9.17, 15) is 4.79 Å². The van der Waals surface area contributed by atoms with Gasteiger partial charge >= 0.3 is 0 Å². The zero-order valence-corrected chi connectivity index (χ0v) is 11.1.